The third kappa shape index (κ3) is 2.76. The minimum atomic E-state index is 0.859. The molecule has 23 heavy (non-hydrogen) atoms. The molecule has 1 aliphatic heterocycles. The summed E-state index contributed by atoms with van der Waals surface area (Å²) < 4.78 is 5.50. The Balaban J connectivity index is 1.58. The molecule has 0 N–H and O–H groups in total. The molecule has 0 atom stereocenters. The first-order chi connectivity index (χ1) is 11.2. The molecule has 3 aromatic rings. The number of hydrogen-bond acceptors (Lipinski definition) is 8. The summed E-state index contributed by atoms with van der Waals surface area (Å²) in [5.74, 6) is 1.93. The van der Waals surface area contributed by atoms with Crippen LogP contribution in [0, 0.1) is 13.8 Å². The molecule has 120 valence electrons. The average molecular weight is 346 g/mol. The van der Waals surface area contributed by atoms with Crippen LogP contribution in [-0.2, 0) is 0 Å². The number of thiophene rings is 1. The molecule has 0 spiro atoms. The number of hydrogen-bond donors (Lipinski definition) is 0. The van der Waals surface area contributed by atoms with Crippen LogP contribution in [-0.4, -0.2) is 45.5 Å². The van der Waals surface area contributed by atoms with Crippen molar-refractivity contribution in [1.82, 2.24) is 19.3 Å². The first-order valence-electron chi connectivity index (χ1n) is 7.71. The van der Waals surface area contributed by atoms with Crippen LogP contribution in [0.5, 0.6) is 0 Å². The van der Waals surface area contributed by atoms with Crippen molar-refractivity contribution in [1.29, 1.82) is 0 Å². The predicted octanol–water partition coefficient (Wildman–Crippen LogP) is 2.88. The maximum Gasteiger partial charge on any atom is 0.205 e. The molecule has 4 heterocycles. The molecule has 1 aliphatic rings. The molecule has 6 nitrogen and oxygen atoms in total. The summed E-state index contributed by atoms with van der Waals surface area (Å²) in [6.45, 7) is 7.98. The van der Waals surface area contributed by atoms with Crippen molar-refractivity contribution in [2.75, 3.05) is 36.0 Å². The van der Waals surface area contributed by atoms with E-state index >= 15 is 0 Å². The molecular formula is C15H18N6S2. The quantitative estimate of drug-likeness (QED) is 0.711. The Bertz CT molecular complexity index is 826. The minimum Gasteiger partial charge on any atom is -0.353 e. The molecule has 4 rings (SSSR count). The Morgan fingerprint density at radius 2 is 1.87 bits per heavy atom. The highest BCUT2D eigenvalue weighted by Crippen LogP contribution is 2.31. The summed E-state index contributed by atoms with van der Waals surface area (Å²) in [5, 5.41) is 3.20. The van der Waals surface area contributed by atoms with Crippen molar-refractivity contribution in [2.45, 2.75) is 20.3 Å². The topological polar surface area (TPSA) is 58.0 Å². The maximum absolute atomic E-state index is 4.57. The Labute approximate surface area is 143 Å². The highest BCUT2D eigenvalue weighted by Gasteiger charge is 2.21. The van der Waals surface area contributed by atoms with Gasteiger partial charge in [0.25, 0.3) is 0 Å². The number of fused-ring (bicyclic) bond motifs is 1. The normalized spacial score (nSPS) is 16.1. The largest absolute Gasteiger partial charge is 0.353 e. The molecular weight excluding hydrogens is 328 g/mol. The van der Waals surface area contributed by atoms with E-state index in [9.17, 15) is 0 Å². The summed E-state index contributed by atoms with van der Waals surface area (Å²) in [5.41, 5.74) is 2.32. The van der Waals surface area contributed by atoms with Gasteiger partial charge in [-0.15, -0.1) is 11.3 Å². The lowest BCUT2D eigenvalue weighted by molar-refractivity contribution is 0.798. The third-order valence-electron chi connectivity index (χ3n) is 4.09. The standard InChI is InChI=1S/C15H18N6S2/c1-10-8-22-13-12(10)16-9-17-14(13)20-4-3-5-21(7-6-20)15-18-11(2)19-23-15/h8-9H,3-7H2,1-2H3. The van der Waals surface area contributed by atoms with Crippen LogP contribution in [0.4, 0.5) is 10.9 Å². The fraction of sp³-hybridized carbons (Fsp3) is 0.467. The van der Waals surface area contributed by atoms with E-state index in [1.807, 2.05) is 6.92 Å². The second kappa shape index (κ2) is 6.01. The number of anilines is 2. The van der Waals surface area contributed by atoms with Crippen LogP contribution in [0.25, 0.3) is 10.2 Å². The van der Waals surface area contributed by atoms with Gasteiger partial charge in [0, 0.05) is 37.7 Å². The fourth-order valence-electron chi connectivity index (χ4n) is 2.92. The predicted molar refractivity (Wildman–Crippen MR) is 95.8 cm³/mol. The first kappa shape index (κ1) is 14.8. The van der Waals surface area contributed by atoms with Gasteiger partial charge >= 0.3 is 0 Å². The van der Waals surface area contributed by atoms with Gasteiger partial charge in [0.1, 0.15) is 18.0 Å². The van der Waals surface area contributed by atoms with Crippen molar-refractivity contribution in [3.05, 3.63) is 23.1 Å². The molecule has 0 saturated carbocycles. The Hall–Kier alpha value is -1.80. The van der Waals surface area contributed by atoms with Gasteiger partial charge in [-0.05, 0) is 31.2 Å². The molecule has 0 amide bonds. The molecule has 0 aliphatic carbocycles. The third-order valence-corrected chi connectivity index (χ3v) is 6.05. The van der Waals surface area contributed by atoms with Crippen LogP contribution < -0.4 is 9.80 Å². The zero-order valence-electron chi connectivity index (χ0n) is 13.2. The lowest BCUT2D eigenvalue weighted by atomic mass is 10.3. The fourth-order valence-corrected chi connectivity index (χ4v) is 4.66. The zero-order chi connectivity index (χ0) is 15.8. The smallest absolute Gasteiger partial charge is 0.205 e. The molecule has 3 aromatic heterocycles. The van der Waals surface area contributed by atoms with Gasteiger partial charge in [-0.1, -0.05) is 0 Å². The summed E-state index contributed by atoms with van der Waals surface area (Å²) in [7, 11) is 0. The van der Waals surface area contributed by atoms with Gasteiger partial charge in [0.05, 0.1) is 10.2 Å². The molecule has 0 aromatic carbocycles. The van der Waals surface area contributed by atoms with E-state index in [1.54, 1.807) is 17.7 Å². The second-order valence-corrected chi connectivity index (χ2v) is 7.36. The van der Waals surface area contributed by atoms with Crippen molar-refractivity contribution < 1.29 is 0 Å². The SMILES string of the molecule is Cc1nsc(N2CCCN(c3ncnc4c(C)csc34)CC2)n1. The number of nitrogens with zero attached hydrogens (tertiary/aromatic N) is 6. The number of aromatic nitrogens is 4. The van der Waals surface area contributed by atoms with Crippen molar-refractivity contribution in [2.24, 2.45) is 0 Å². The van der Waals surface area contributed by atoms with Gasteiger partial charge in [-0.25, -0.2) is 15.0 Å². The van der Waals surface area contributed by atoms with E-state index in [1.165, 1.54) is 21.8 Å². The van der Waals surface area contributed by atoms with Gasteiger partial charge in [-0.3, -0.25) is 0 Å². The van der Waals surface area contributed by atoms with Gasteiger partial charge in [0.15, 0.2) is 0 Å². The summed E-state index contributed by atoms with van der Waals surface area (Å²) >= 11 is 3.23. The van der Waals surface area contributed by atoms with Crippen LogP contribution in [0.3, 0.4) is 0 Å². The highest BCUT2D eigenvalue weighted by atomic mass is 32.1. The van der Waals surface area contributed by atoms with Crippen molar-refractivity contribution in [3.63, 3.8) is 0 Å². The summed E-state index contributed by atoms with van der Waals surface area (Å²) in [4.78, 5) is 18.2. The maximum atomic E-state index is 4.57. The van der Waals surface area contributed by atoms with E-state index in [2.05, 4.69) is 41.4 Å². The Morgan fingerprint density at radius 1 is 1.04 bits per heavy atom. The van der Waals surface area contributed by atoms with Crippen LogP contribution in [0.15, 0.2) is 11.7 Å². The lowest BCUT2D eigenvalue weighted by Gasteiger charge is -2.22. The van der Waals surface area contributed by atoms with E-state index in [0.29, 0.717) is 0 Å². The number of rotatable bonds is 2. The van der Waals surface area contributed by atoms with Gasteiger partial charge in [0.2, 0.25) is 5.13 Å². The van der Waals surface area contributed by atoms with Crippen molar-refractivity contribution >= 4 is 44.0 Å². The molecule has 8 heteroatoms. The molecule has 1 fully saturated rings. The summed E-state index contributed by atoms with van der Waals surface area (Å²) in [6.07, 6.45) is 2.78. The number of aryl methyl sites for hydroxylation is 2. The van der Waals surface area contributed by atoms with E-state index in [0.717, 1.165) is 54.9 Å². The van der Waals surface area contributed by atoms with Crippen molar-refractivity contribution in [3.8, 4) is 0 Å². The first-order valence-corrected chi connectivity index (χ1v) is 9.36. The van der Waals surface area contributed by atoms with Gasteiger partial charge < -0.3 is 9.80 Å². The van der Waals surface area contributed by atoms with E-state index in [-0.39, 0.29) is 0 Å². The molecule has 0 radical (unpaired) electrons. The summed E-state index contributed by atoms with van der Waals surface area (Å²) in [6, 6.07) is 0. The van der Waals surface area contributed by atoms with E-state index < -0.39 is 0 Å². The second-order valence-electron chi connectivity index (χ2n) is 5.75. The molecule has 0 bridgehead atoms. The molecule has 1 saturated heterocycles. The zero-order valence-corrected chi connectivity index (χ0v) is 14.8. The average Bonchev–Trinajstić information content (AvgIpc) is 3.06. The Kier molecular flexibility index (Phi) is 3.86. The highest BCUT2D eigenvalue weighted by molar-refractivity contribution is 7.18. The van der Waals surface area contributed by atoms with Gasteiger partial charge in [-0.2, -0.15) is 4.37 Å². The van der Waals surface area contributed by atoms with E-state index in [4.69, 9.17) is 0 Å². The Morgan fingerprint density at radius 3 is 2.70 bits per heavy atom. The molecule has 0 unspecified atom stereocenters. The minimum absolute atomic E-state index is 0.859. The lowest BCUT2D eigenvalue weighted by Crippen LogP contribution is -2.31. The van der Waals surface area contributed by atoms with Crippen LogP contribution in [0.2, 0.25) is 0 Å². The monoisotopic (exact) mass is 346 g/mol. The van der Waals surface area contributed by atoms with Crippen LogP contribution in [0.1, 0.15) is 17.8 Å². The van der Waals surface area contributed by atoms with Crippen LogP contribution >= 0.6 is 22.9 Å².